The zero-order valence-electron chi connectivity index (χ0n) is 15.2. The van der Waals surface area contributed by atoms with E-state index in [9.17, 15) is 9.59 Å². The summed E-state index contributed by atoms with van der Waals surface area (Å²) in [6.07, 6.45) is 0. The van der Waals surface area contributed by atoms with Crippen molar-refractivity contribution in [2.45, 2.75) is 27.3 Å². The largest absolute Gasteiger partial charge is 0.468 e. The third kappa shape index (κ3) is 3.46. The number of esters is 1. The van der Waals surface area contributed by atoms with Gasteiger partial charge in [-0.2, -0.15) is 4.99 Å². The van der Waals surface area contributed by atoms with Gasteiger partial charge in [0.15, 0.2) is 4.80 Å². The highest BCUT2D eigenvalue weighted by molar-refractivity contribution is 7.16. The molecule has 26 heavy (non-hydrogen) atoms. The number of nitrogens with zero attached hydrogens (tertiary/aromatic N) is 2. The molecule has 0 radical (unpaired) electrons. The van der Waals surface area contributed by atoms with Crippen LogP contribution in [0.25, 0.3) is 10.2 Å². The highest BCUT2D eigenvalue weighted by atomic mass is 32.1. The zero-order chi connectivity index (χ0) is 18.8. The molecule has 0 fully saturated rings. The molecule has 2 aromatic carbocycles. The van der Waals surface area contributed by atoms with E-state index < -0.39 is 0 Å². The fourth-order valence-electron chi connectivity index (χ4n) is 2.85. The molecule has 0 atom stereocenters. The van der Waals surface area contributed by atoms with Gasteiger partial charge in [-0.15, -0.1) is 0 Å². The number of thiazole rings is 1. The molecule has 1 amide bonds. The minimum Gasteiger partial charge on any atom is -0.468 e. The number of para-hydroxylation sites is 1. The number of benzene rings is 2. The van der Waals surface area contributed by atoms with Crippen LogP contribution in [0.4, 0.5) is 0 Å². The number of hydrogen-bond donors (Lipinski definition) is 0. The van der Waals surface area contributed by atoms with Crippen molar-refractivity contribution in [1.82, 2.24) is 4.57 Å². The molecule has 134 valence electrons. The summed E-state index contributed by atoms with van der Waals surface area (Å²) in [4.78, 5) is 29.5. The van der Waals surface area contributed by atoms with Gasteiger partial charge in [0.1, 0.15) is 6.54 Å². The molecule has 0 unspecified atom stereocenters. The van der Waals surface area contributed by atoms with Gasteiger partial charge in [-0.1, -0.05) is 41.2 Å². The molecule has 3 rings (SSSR count). The lowest BCUT2D eigenvalue weighted by atomic mass is 10.1. The predicted octanol–water partition coefficient (Wildman–Crippen LogP) is 3.54. The Bertz CT molecular complexity index is 1080. The average Bonchev–Trinajstić information content (AvgIpc) is 2.95. The summed E-state index contributed by atoms with van der Waals surface area (Å²) in [5.41, 5.74) is 4.37. The van der Waals surface area contributed by atoms with Gasteiger partial charge in [0.05, 0.1) is 17.3 Å². The normalized spacial score (nSPS) is 11.8. The summed E-state index contributed by atoms with van der Waals surface area (Å²) in [5.74, 6) is -0.692. The monoisotopic (exact) mass is 368 g/mol. The molecular weight excluding hydrogens is 348 g/mol. The van der Waals surface area contributed by atoms with Crippen LogP contribution in [0, 0.1) is 20.8 Å². The Morgan fingerprint density at radius 3 is 2.62 bits per heavy atom. The third-order valence-electron chi connectivity index (χ3n) is 4.24. The lowest BCUT2D eigenvalue weighted by Gasteiger charge is -2.06. The van der Waals surface area contributed by atoms with Gasteiger partial charge >= 0.3 is 5.97 Å². The number of methoxy groups -OCH3 is 1. The predicted molar refractivity (Wildman–Crippen MR) is 102 cm³/mol. The van der Waals surface area contributed by atoms with Crippen LogP contribution >= 0.6 is 11.3 Å². The number of fused-ring (bicyclic) bond motifs is 1. The van der Waals surface area contributed by atoms with E-state index >= 15 is 0 Å². The molecule has 0 spiro atoms. The molecule has 0 aliphatic heterocycles. The lowest BCUT2D eigenvalue weighted by Crippen LogP contribution is -2.23. The number of aryl methyl sites for hydroxylation is 3. The third-order valence-corrected chi connectivity index (χ3v) is 5.28. The number of amides is 1. The summed E-state index contributed by atoms with van der Waals surface area (Å²) in [7, 11) is 1.35. The van der Waals surface area contributed by atoms with E-state index in [1.807, 2.05) is 57.2 Å². The molecule has 0 aliphatic carbocycles. The molecule has 0 bridgehead atoms. The Morgan fingerprint density at radius 1 is 1.12 bits per heavy atom. The van der Waals surface area contributed by atoms with Crippen molar-refractivity contribution in [3.8, 4) is 0 Å². The number of ether oxygens (including phenoxy) is 1. The number of carbonyl (C=O) groups excluding carboxylic acids is 2. The quantitative estimate of drug-likeness (QED) is 0.664. The number of carbonyl (C=O) groups is 2. The second kappa shape index (κ2) is 7.25. The van der Waals surface area contributed by atoms with E-state index in [4.69, 9.17) is 4.74 Å². The van der Waals surface area contributed by atoms with Gasteiger partial charge in [-0.25, -0.2) is 0 Å². The van der Waals surface area contributed by atoms with Crippen LogP contribution in [0.5, 0.6) is 0 Å². The Morgan fingerprint density at radius 2 is 1.88 bits per heavy atom. The minimum atomic E-state index is -0.381. The minimum absolute atomic E-state index is 0.0142. The van der Waals surface area contributed by atoms with Crippen molar-refractivity contribution in [3.63, 3.8) is 0 Å². The molecular formula is C20H20N2O3S. The first-order chi connectivity index (χ1) is 12.4. The molecule has 3 aromatic rings. The zero-order valence-corrected chi connectivity index (χ0v) is 16.0. The first kappa shape index (κ1) is 18.1. The topological polar surface area (TPSA) is 60.7 Å². The number of hydrogen-bond acceptors (Lipinski definition) is 4. The van der Waals surface area contributed by atoms with Crippen molar-refractivity contribution < 1.29 is 14.3 Å². The Hall–Kier alpha value is -2.73. The maximum Gasteiger partial charge on any atom is 0.325 e. The van der Waals surface area contributed by atoms with E-state index in [1.165, 1.54) is 18.4 Å². The summed E-state index contributed by atoms with van der Waals surface area (Å²) in [5, 5.41) is 0. The van der Waals surface area contributed by atoms with Crippen LogP contribution in [0.2, 0.25) is 0 Å². The summed E-state index contributed by atoms with van der Waals surface area (Å²) in [6.45, 7) is 5.82. The van der Waals surface area contributed by atoms with E-state index in [-0.39, 0.29) is 18.4 Å². The SMILES string of the molecule is COC(=O)Cn1c(=NC(=O)c2cc(C)ccc2C)sc2cccc(C)c21. The van der Waals surface area contributed by atoms with Crippen LogP contribution in [-0.2, 0) is 16.1 Å². The molecule has 0 N–H and O–H groups in total. The Kier molecular flexibility index (Phi) is 5.04. The molecule has 1 aromatic heterocycles. The molecule has 5 nitrogen and oxygen atoms in total. The maximum absolute atomic E-state index is 12.8. The lowest BCUT2D eigenvalue weighted by molar-refractivity contribution is -0.141. The fourth-order valence-corrected chi connectivity index (χ4v) is 3.95. The van der Waals surface area contributed by atoms with Crippen LogP contribution in [0.1, 0.15) is 27.0 Å². The van der Waals surface area contributed by atoms with Gasteiger partial charge in [-0.3, -0.25) is 9.59 Å². The van der Waals surface area contributed by atoms with Crippen molar-refractivity contribution in [1.29, 1.82) is 0 Å². The van der Waals surface area contributed by atoms with Gasteiger partial charge in [0, 0.05) is 5.56 Å². The smallest absolute Gasteiger partial charge is 0.325 e. The number of rotatable bonds is 3. The highest BCUT2D eigenvalue weighted by Crippen LogP contribution is 2.21. The van der Waals surface area contributed by atoms with Crippen LogP contribution in [0.15, 0.2) is 41.4 Å². The van der Waals surface area contributed by atoms with Gasteiger partial charge in [-0.05, 0) is 44.0 Å². The van der Waals surface area contributed by atoms with E-state index in [2.05, 4.69) is 4.99 Å². The van der Waals surface area contributed by atoms with Crippen molar-refractivity contribution >= 4 is 33.4 Å². The van der Waals surface area contributed by atoms with Crippen molar-refractivity contribution in [2.75, 3.05) is 7.11 Å². The van der Waals surface area contributed by atoms with Crippen LogP contribution in [-0.4, -0.2) is 23.6 Å². The second-order valence-corrected chi connectivity index (χ2v) is 7.21. The summed E-state index contributed by atoms with van der Waals surface area (Å²) in [6, 6.07) is 11.6. The highest BCUT2D eigenvalue weighted by Gasteiger charge is 2.14. The van der Waals surface area contributed by atoms with Crippen LogP contribution < -0.4 is 4.80 Å². The van der Waals surface area contributed by atoms with Gasteiger partial charge in [0.2, 0.25) is 0 Å². The van der Waals surface area contributed by atoms with E-state index in [0.29, 0.717) is 10.4 Å². The van der Waals surface area contributed by atoms with Gasteiger partial charge < -0.3 is 9.30 Å². The van der Waals surface area contributed by atoms with E-state index in [0.717, 1.165) is 26.9 Å². The fraction of sp³-hybridized carbons (Fsp3) is 0.250. The summed E-state index contributed by atoms with van der Waals surface area (Å²) >= 11 is 1.39. The molecule has 0 aliphatic rings. The van der Waals surface area contributed by atoms with Gasteiger partial charge in [0.25, 0.3) is 5.91 Å². The standard InChI is InChI=1S/C20H20N2O3S/c1-12-8-9-13(2)15(10-12)19(24)21-20-22(11-17(23)25-4)18-14(3)6-5-7-16(18)26-20/h5-10H,11H2,1-4H3. The first-order valence-corrected chi connectivity index (χ1v) is 9.04. The van der Waals surface area contributed by atoms with E-state index in [1.54, 1.807) is 4.57 Å². The second-order valence-electron chi connectivity index (χ2n) is 6.20. The average molecular weight is 368 g/mol. The summed E-state index contributed by atoms with van der Waals surface area (Å²) < 4.78 is 7.54. The van der Waals surface area contributed by atoms with Crippen molar-refractivity contribution in [2.24, 2.45) is 4.99 Å². The molecule has 6 heteroatoms. The number of aromatic nitrogens is 1. The first-order valence-electron chi connectivity index (χ1n) is 8.23. The van der Waals surface area contributed by atoms with Crippen LogP contribution in [0.3, 0.4) is 0 Å². The Labute approximate surface area is 155 Å². The van der Waals surface area contributed by atoms with Crippen molar-refractivity contribution in [3.05, 3.63) is 63.5 Å². The maximum atomic E-state index is 12.8. The molecule has 0 saturated heterocycles. The molecule has 1 heterocycles. The molecule has 0 saturated carbocycles. The Balaban J connectivity index is 2.20.